The van der Waals surface area contributed by atoms with Crippen LogP contribution in [0.25, 0.3) is 0 Å². The van der Waals surface area contributed by atoms with Gasteiger partial charge in [0.15, 0.2) is 0 Å². The van der Waals surface area contributed by atoms with E-state index in [1.54, 1.807) is 11.8 Å². The van der Waals surface area contributed by atoms with Crippen molar-refractivity contribution in [2.24, 2.45) is 7.05 Å². The summed E-state index contributed by atoms with van der Waals surface area (Å²) in [5.74, 6) is 0. The van der Waals surface area contributed by atoms with Crippen molar-refractivity contribution in [3.8, 4) is 0 Å². The van der Waals surface area contributed by atoms with Crippen LogP contribution >= 0.6 is 0 Å². The van der Waals surface area contributed by atoms with Crippen LogP contribution in [0.15, 0.2) is 12.3 Å². The van der Waals surface area contributed by atoms with E-state index in [9.17, 15) is 5.11 Å². The van der Waals surface area contributed by atoms with E-state index < -0.39 is 0 Å². The minimum atomic E-state index is -0.352. The van der Waals surface area contributed by atoms with Gasteiger partial charge in [0.2, 0.25) is 0 Å². The van der Waals surface area contributed by atoms with Crippen LogP contribution in [-0.4, -0.2) is 34.7 Å². The Hall–Kier alpha value is -0.870. The molecule has 4 nitrogen and oxygen atoms in total. The molecule has 1 rings (SSSR count). The van der Waals surface area contributed by atoms with Crippen LogP contribution in [0.1, 0.15) is 12.1 Å². The zero-order chi connectivity index (χ0) is 9.68. The number of aryl methyl sites for hydroxylation is 1. The van der Waals surface area contributed by atoms with Crippen LogP contribution in [0.3, 0.4) is 0 Å². The molecule has 0 amide bonds. The highest BCUT2D eigenvalue weighted by atomic mass is 16.5. The van der Waals surface area contributed by atoms with Crippen LogP contribution in [0.4, 0.5) is 0 Å². The Morgan fingerprint density at radius 3 is 3.00 bits per heavy atom. The first kappa shape index (κ1) is 10.2. The lowest BCUT2D eigenvalue weighted by Gasteiger charge is -2.07. The van der Waals surface area contributed by atoms with E-state index in [1.165, 1.54) is 0 Å². The maximum atomic E-state index is 9.51. The van der Waals surface area contributed by atoms with Crippen LogP contribution < -0.4 is 0 Å². The highest BCUT2D eigenvalue weighted by Gasteiger charge is 2.06. The predicted molar refractivity (Wildman–Crippen MR) is 49.4 cm³/mol. The van der Waals surface area contributed by atoms with Crippen LogP contribution in [0.2, 0.25) is 0 Å². The van der Waals surface area contributed by atoms with Gasteiger partial charge >= 0.3 is 0 Å². The quantitative estimate of drug-likeness (QED) is 0.718. The number of methoxy groups -OCH3 is 1. The molecule has 0 aliphatic heterocycles. The van der Waals surface area contributed by atoms with Gasteiger partial charge in [0.25, 0.3) is 0 Å². The lowest BCUT2D eigenvalue weighted by atomic mass is 10.1. The van der Waals surface area contributed by atoms with E-state index in [-0.39, 0.29) is 6.10 Å². The molecule has 0 bridgehead atoms. The van der Waals surface area contributed by atoms with Crippen molar-refractivity contribution in [3.63, 3.8) is 0 Å². The Kier molecular flexibility index (Phi) is 3.92. The summed E-state index contributed by atoms with van der Waals surface area (Å²) in [6.45, 7) is 0.591. The number of hydrogen-bond acceptors (Lipinski definition) is 3. The highest BCUT2D eigenvalue weighted by molar-refractivity contribution is 4.99. The van der Waals surface area contributed by atoms with Crippen LogP contribution in [0.5, 0.6) is 0 Å². The average molecular weight is 184 g/mol. The monoisotopic (exact) mass is 184 g/mol. The summed E-state index contributed by atoms with van der Waals surface area (Å²) in [6, 6.07) is 1.91. The molecule has 74 valence electrons. The fraction of sp³-hybridized carbons (Fsp3) is 0.667. The van der Waals surface area contributed by atoms with Crippen LogP contribution in [-0.2, 0) is 18.2 Å². The molecule has 1 heterocycles. The van der Waals surface area contributed by atoms with E-state index in [2.05, 4.69) is 5.10 Å². The Balaban J connectivity index is 2.31. The Bertz CT molecular complexity index is 248. The molecule has 1 unspecified atom stereocenters. The van der Waals surface area contributed by atoms with Crippen molar-refractivity contribution in [2.45, 2.75) is 18.9 Å². The van der Waals surface area contributed by atoms with Crippen molar-refractivity contribution in [1.82, 2.24) is 9.78 Å². The van der Waals surface area contributed by atoms with Gasteiger partial charge in [-0.2, -0.15) is 5.10 Å². The normalized spacial score (nSPS) is 13.2. The number of aliphatic hydroxyl groups is 1. The summed E-state index contributed by atoms with van der Waals surface area (Å²) in [4.78, 5) is 0. The average Bonchev–Trinajstić information content (AvgIpc) is 2.48. The standard InChI is InChI=1S/C9H16N2O2/c1-11-5-3-8(10-11)7-9(12)4-6-13-2/h3,5,9,12H,4,6-7H2,1-2H3. The molecule has 0 saturated heterocycles. The summed E-state index contributed by atoms with van der Waals surface area (Å²) < 4.78 is 6.60. The first-order valence-corrected chi connectivity index (χ1v) is 4.38. The second-order valence-corrected chi connectivity index (χ2v) is 3.12. The third-order valence-electron chi connectivity index (χ3n) is 1.87. The molecule has 1 atom stereocenters. The summed E-state index contributed by atoms with van der Waals surface area (Å²) in [5.41, 5.74) is 0.922. The zero-order valence-corrected chi connectivity index (χ0v) is 8.10. The number of rotatable bonds is 5. The number of ether oxygens (including phenoxy) is 1. The Morgan fingerprint density at radius 2 is 2.46 bits per heavy atom. The van der Waals surface area contributed by atoms with Gasteiger partial charge in [0, 0.05) is 33.4 Å². The van der Waals surface area contributed by atoms with E-state index in [1.807, 2.05) is 19.3 Å². The number of nitrogens with zero attached hydrogens (tertiary/aromatic N) is 2. The smallest absolute Gasteiger partial charge is 0.0650 e. The number of hydrogen-bond donors (Lipinski definition) is 1. The molecular formula is C9H16N2O2. The van der Waals surface area contributed by atoms with E-state index in [0.29, 0.717) is 19.4 Å². The maximum Gasteiger partial charge on any atom is 0.0650 e. The maximum absolute atomic E-state index is 9.51. The lowest BCUT2D eigenvalue weighted by Crippen LogP contribution is -2.13. The summed E-state index contributed by atoms with van der Waals surface area (Å²) >= 11 is 0. The first-order valence-electron chi connectivity index (χ1n) is 4.38. The number of aromatic nitrogens is 2. The molecule has 0 saturated carbocycles. The highest BCUT2D eigenvalue weighted by Crippen LogP contribution is 2.02. The fourth-order valence-corrected chi connectivity index (χ4v) is 1.17. The summed E-state index contributed by atoms with van der Waals surface area (Å²) in [5, 5.41) is 13.7. The third-order valence-corrected chi connectivity index (χ3v) is 1.87. The second kappa shape index (κ2) is 4.99. The van der Waals surface area contributed by atoms with Gasteiger partial charge < -0.3 is 9.84 Å². The SMILES string of the molecule is COCCC(O)Cc1ccn(C)n1. The minimum absolute atomic E-state index is 0.352. The predicted octanol–water partition coefficient (Wildman–Crippen LogP) is 0.360. The molecule has 1 aromatic heterocycles. The van der Waals surface area contributed by atoms with Gasteiger partial charge in [0.1, 0.15) is 0 Å². The molecule has 0 fully saturated rings. The van der Waals surface area contributed by atoms with Crippen molar-refractivity contribution in [2.75, 3.05) is 13.7 Å². The van der Waals surface area contributed by atoms with Gasteiger partial charge in [-0.3, -0.25) is 4.68 Å². The largest absolute Gasteiger partial charge is 0.393 e. The van der Waals surface area contributed by atoms with Crippen molar-refractivity contribution in [1.29, 1.82) is 0 Å². The van der Waals surface area contributed by atoms with Crippen molar-refractivity contribution >= 4 is 0 Å². The first-order chi connectivity index (χ1) is 6.22. The van der Waals surface area contributed by atoms with Crippen molar-refractivity contribution < 1.29 is 9.84 Å². The minimum Gasteiger partial charge on any atom is -0.393 e. The second-order valence-electron chi connectivity index (χ2n) is 3.12. The van der Waals surface area contributed by atoms with Gasteiger partial charge in [-0.1, -0.05) is 0 Å². The molecule has 0 radical (unpaired) electrons. The van der Waals surface area contributed by atoms with E-state index >= 15 is 0 Å². The van der Waals surface area contributed by atoms with Gasteiger partial charge in [-0.15, -0.1) is 0 Å². The molecule has 1 aromatic rings. The molecular weight excluding hydrogens is 168 g/mol. The third kappa shape index (κ3) is 3.57. The molecule has 0 spiro atoms. The van der Waals surface area contributed by atoms with Gasteiger partial charge in [-0.25, -0.2) is 0 Å². The zero-order valence-electron chi connectivity index (χ0n) is 8.10. The lowest BCUT2D eigenvalue weighted by molar-refractivity contribution is 0.109. The number of aliphatic hydroxyl groups excluding tert-OH is 1. The molecule has 1 N–H and O–H groups in total. The molecule has 0 aliphatic rings. The summed E-state index contributed by atoms with van der Waals surface area (Å²) in [6.07, 6.45) is 2.78. The Labute approximate surface area is 78.1 Å². The topological polar surface area (TPSA) is 47.3 Å². The van der Waals surface area contributed by atoms with Gasteiger partial charge in [0.05, 0.1) is 11.8 Å². The molecule has 0 aromatic carbocycles. The molecule has 0 aliphatic carbocycles. The molecule has 13 heavy (non-hydrogen) atoms. The Morgan fingerprint density at radius 1 is 1.69 bits per heavy atom. The van der Waals surface area contributed by atoms with E-state index in [4.69, 9.17) is 4.74 Å². The van der Waals surface area contributed by atoms with Crippen molar-refractivity contribution in [3.05, 3.63) is 18.0 Å². The van der Waals surface area contributed by atoms with E-state index in [0.717, 1.165) is 5.69 Å². The van der Waals surface area contributed by atoms with Crippen LogP contribution in [0, 0.1) is 0 Å². The fourth-order valence-electron chi connectivity index (χ4n) is 1.17. The summed E-state index contributed by atoms with van der Waals surface area (Å²) in [7, 11) is 3.50. The van der Waals surface area contributed by atoms with Gasteiger partial charge in [-0.05, 0) is 12.5 Å². The molecule has 4 heteroatoms.